The first-order valence-corrected chi connectivity index (χ1v) is 12.9. The molecule has 0 bridgehead atoms. The molecule has 0 aliphatic rings. The SMILES string of the molecule is CC/C(=C(/NO)c1cc(O)c(NC(=O)c2ccc(Cl)c(Cl)c2)cc1Cl)S(=O)(=O)c1cccc(C)c1. The molecule has 35 heavy (non-hydrogen) atoms. The van der Waals surface area contributed by atoms with Gasteiger partial charge in [-0.2, -0.15) is 0 Å². The van der Waals surface area contributed by atoms with Crippen molar-refractivity contribution in [3.05, 3.63) is 91.3 Å². The summed E-state index contributed by atoms with van der Waals surface area (Å²) in [6, 6.07) is 13.0. The molecule has 0 aliphatic heterocycles. The van der Waals surface area contributed by atoms with Crippen LogP contribution >= 0.6 is 34.8 Å². The average molecular weight is 556 g/mol. The van der Waals surface area contributed by atoms with E-state index in [1.807, 2.05) is 5.48 Å². The van der Waals surface area contributed by atoms with Gasteiger partial charge >= 0.3 is 0 Å². The van der Waals surface area contributed by atoms with E-state index in [0.717, 1.165) is 11.6 Å². The minimum absolute atomic E-state index is 0.0199. The zero-order chi connectivity index (χ0) is 25.9. The third-order valence-corrected chi connectivity index (χ3v) is 8.19. The third kappa shape index (κ3) is 5.74. The van der Waals surface area contributed by atoms with Crippen LogP contribution in [0.15, 0.2) is 64.4 Å². The van der Waals surface area contributed by atoms with E-state index in [4.69, 9.17) is 34.8 Å². The van der Waals surface area contributed by atoms with Crippen LogP contribution in [0.1, 0.15) is 34.8 Å². The van der Waals surface area contributed by atoms with Gasteiger partial charge in [-0.25, -0.2) is 8.42 Å². The van der Waals surface area contributed by atoms with Crippen molar-refractivity contribution in [1.29, 1.82) is 0 Å². The maximum atomic E-state index is 13.3. The number of aryl methyl sites for hydroxylation is 1. The molecular weight excluding hydrogens is 535 g/mol. The van der Waals surface area contributed by atoms with Gasteiger partial charge in [0.1, 0.15) is 5.75 Å². The Kier molecular flexibility index (Phi) is 8.35. The van der Waals surface area contributed by atoms with E-state index in [2.05, 4.69) is 5.32 Å². The number of phenols is 1. The lowest BCUT2D eigenvalue weighted by Gasteiger charge is -2.17. The number of rotatable bonds is 7. The topological polar surface area (TPSA) is 116 Å². The molecule has 0 spiro atoms. The Morgan fingerprint density at radius 2 is 1.69 bits per heavy atom. The van der Waals surface area contributed by atoms with Crippen LogP contribution < -0.4 is 10.8 Å². The lowest BCUT2D eigenvalue weighted by molar-refractivity contribution is 0.102. The van der Waals surface area contributed by atoms with Crippen molar-refractivity contribution in [2.75, 3.05) is 5.32 Å². The van der Waals surface area contributed by atoms with Crippen molar-refractivity contribution in [1.82, 2.24) is 5.48 Å². The molecule has 0 unspecified atom stereocenters. The van der Waals surface area contributed by atoms with Crippen LogP contribution in [-0.4, -0.2) is 24.6 Å². The van der Waals surface area contributed by atoms with E-state index < -0.39 is 21.5 Å². The van der Waals surface area contributed by atoms with Gasteiger partial charge in [0.25, 0.3) is 5.91 Å². The number of carbonyl (C=O) groups excluding carboxylic acids is 1. The predicted octanol–water partition coefficient (Wildman–Crippen LogP) is 6.44. The number of benzene rings is 3. The molecule has 11 heteroatoms. The monoisotopic (exact) mass is 554 g/mol. The van der Waals surface area contributed by atoms with Crippen molar-refractivity contribution in [3.63, 3.8) is 0 Å². The summed E-state index contributed by atoms with van der Waals surface area (Å²) in [5.74, 6) is -0.996. The summed E-state index contributed by atoms with van der Waals surface area (Å²) in [6.07, 6.45) is 0.0199. The van der Waals surface area contributed by atoms with Gasteiger partial charge in [-0.3, -0.25) is 15.5 Å². The summed E-state index contributed by atoms with van der Waals surface area (Å²) in [4.78, 5) is 12.5. The zero-order valence-electron chi connectivity index (χ0n) is 18.6. The summed E-state index contributed by atoms with van der Waals surface area (Å²) in [5.41, 5.74) is 2.64. The first-order chi connectivity index (χ1) is 16.5. The molecule has 0 heterocycles. The number of amides is 1. The van der Waals surface area contributed by atoms with Crippen molar-refractivity contribution < 1.29 is 23.5 Å². The van der Waals surface area contributed by atoms with Gasteiger partial charge in [0, 0.05) is 11.1 Å². The van der Waals surface area contributed by atoms with Gasteiger partial charge in [-0.1, -0.05) is 53.9 Å². The van der Waals surface area contributed by atoms with Crippen molar-refractivity contribution in [2.45, 2.75) is 25.2 Å². The highest BCUT2D eigenvalue weighted by Gasteiger charge is 2.26. The van der Waals surface area contributed by atoms with Crippen LogP contribution in [0, 0.1) is 6.92 Å². The van der Waals surface area contributed by atoms with Crippen molar-refractivity contribution in [3.8, 4) is 5.75 Å². The van der Waals surface area contributed by atoms with E-state index in [0.29, 0.717) is 0 Å². The number of halogens is 3. The summed E-state index contributed by atoms with van der Waals surface area (Å²) < 4.78 is 26.6. The number of carbonyl (C=O) groups is 1. The van der Waals surface area contributed by atoms with Gasteiger partial charge in [-0.15, -0.1) is 0 Å². The first kappa shape index (κ1) is 26.8. The Morgan fingerprint density at radius 3 is 2.29 bits per heavy atom. The minimum Gasteiger partial charge on any atom is -0.506 e. The number of phenolic OH excluding ortho intramolecular Hbond substituents is 1. The Hall–Kier alpha value is -2.75. The summed E-state index contributed by atoms with van der Waals surface area (Å²) >= 11 is 18.2. The van der Waals surface area contributed by atoms with Gasteiger partial charge < -0.3 is 10.4 Å². The number of nitrogens with one attached hydrogen (secondary N) is 2. The third-order valence-electron chi connectivity index (χ3n) is 5.12. The normalized spacial score (nSPS) is 12.2. The van der Waals surface area contributed by atoms with Crippen LogP contribution in [0.3, 0.4) is 0 Å². The second kappa shape index (κ2) is 10.9. The summed E-state index contributed by atoms with van der Waals surface area (Å²) in [6.45, 7) is 3.37. The van der Waals surface area contributed by atoms with Crippen LogP contribution in [0.2, 0.25) is 15.1 Å². The van der Waals surface area contributed by atoms with Crippen LogP contribution in [0.4, 0.5) is 5.69 Å². The highest BCUT2D eigenvalue weighted by atomic mass is 35.5. The molecule has 0 saturated carbocycles. The average Bonchev–Trinajstić information content (AvgIpc) is 2.81. The molecule has 4 N–H and O–H groups in total. The van der Waals surface area contributed by atoms with E-state index in [1.54, 1.807) is 26.0 Å². The number of allylic oxidation sites excluding steroid dienone is 1. The van der Waals surface area contributed by atoms with E-state index >= 15 is 0 Å². The molecule has 0 fully saturated rings. The number of aromatic hydroxyl groups is 1. The quantitative estimate of drug-likeness (QED) is 0.197. The largest absolute Gasteiger partial charge is 0.506 e. The number of sulfone groups is 1. The molecule has 0 atom stereocenters. The Bertz CT molecular complexity index is 1440. The van der Waals surface area contributed by atoms with E-state index in [9.17, 15) is 23.5 Å². The Morgan fingerprint density at radius 1 is 0.971 bits per heavy atom. The van der Waals surface area contributed by atoms with E-state index in [-0.39, 0.29) is 53.8 Å². The van der Waals surface area contributed by atoms with Gasteiger partial charge in [0.05, 0.1) is 36.3 Å². The number of hydrogen-bond donors (Lipinski definition) is 4. The van der Waals surface area contributed by atoms with Crippen molar-refractivity contribution >= 4 is 61.9 Å². The molecule has 0 aliphatic carbocycles. The van der Waals surface area contributed by atoms with Gasteiger partial charge in [0.2, 0.25) is 9.84 Å². The molecule has 0 aromatic heterocycles. The maximum absolute atomic E-state index is 13.3. The molecular formula is C24H21Cl3N2O5S. The fourth-order valence-electron chi connectivity index (χ4n) is 3.38. The second-order valence-electron chi connectivity index (χ2n) is 7.52. The molecule has 7 nitrogen and oxygen atoms in total. The van der Waals surface area contributed by atoms with Crippen molar-refractivity contribution in [2.24, 2.45) is 0 Å². The molecule has 3 aromatic rings. The molecule has 0 radical (unpaired) electrons. The molecule has 0 saturated heterocycles. The lowest BCUT2D eigenvalue weighted by atomic mass is 10.1. The fraction of sp³-hybridized carbons (Fsp3) is 0.125. The highest BCUT2D eigenvalue weighted by molar-refractivity contribution is 7.95. The van der Waals surface area contributed by atoms with Gasteiger partial charge in [0.15, 0.2) is 0 Å². The smallest absolute Gasteiger partial charge is 0.255 e. The number of anilines is 1. The summed E-state index contributed by atoms with van der Waals surface area (Å²) in [5, 5.41) is 23.4. The van der Waals surface area contributed by atoms with Gasteiger partial charge in [-0.05, 0) is 61.4 Å². The van der Waals surface area contributed by atoms with Crippen LogP contribution in [-0.2, 0) is 9.84 Å². The standard InChI is InChI=1S/C24H21Cl3N2O5S/c1-3-22(35(33,34)15-6-4-5-13(2)9-15)23(29-32)16-11-21(30)20(12-18(16)26)28-24(31)14-7-8-17(25)19(27)10-14/h4-12,29-30,32H,3H2,1-2H3,(H,28,31)/b23-22-. The second-order valence-corrected chi connectivity index (χ2v) is 10.7. The van der Waals surface area contributed by atoms with Crippen LogP contribution in [0.5, 0.6) is 5.75 Å². The van der Waals surface area contributed by atoms with Crippen LogP contribution in [0.25, 0.3) is 5.70 Å². The maximum Gasteiger partial charge on any atom is 0.255 e. The molecule has 3 aromatic carbocycles. The predicted molar refractivity (Wildman–Crippen MR) is 138 cm³/mol. The first-order valence-electron chi connectivity index (χ1n) is 10.2. The summed E-state index contributed by atoms with van der Waals surface area (Å²) in [7, 11) is -4.01. The molecule has 184 valence electrons. The highest BCUT2D eigenvalue weighted by Crippen LogP contribution is 2.37. The number of hydrogen-bond acceptors (Lipinski definition) is 6. The number of hydroxylamine groups is 1. The Labute approximate surface area is 217 Å². The minimum atomic E-state index is -4.01. The lowest BCUT2D eigenvalue weighted by Crippen LogP contribution is -2.16. The molecule has 3 rings (SSSR count). The molecule has 1 amide bonds. The zero-order valence-corrected chi connectivity index (χ0v) is 21.6. The fourth-order valence-corrected chi connectivity index (χ4v) is 5.63. The van der Waals surface area contributed by atoms with E-state index in [1.165, 1.54) is 36.4 Å². The Balaban J connectivity index is 2.05.